The summed E-state index contributed by atoms with van der Waals surface area (Å²) >= 11 is 0. The molecule has 0 bridgehead atoms. The van der Waals surface area contributed by atoms with Crippen molar-refractivity contribution in [3.8, 4) is 0 Å². The number of rotatable bonds is 3. The summed E-state index contributed by atoms with van der Waals surface area (Å²) in [7, 11) is 0. The van der Waals surface area contributed by atoms with Crippen LogP contribution < -0.4 is 10.6 Å². The Morgan fingerprint density at radius 3 is 2.83 bits per heavy atom. The summed E-state index contributed by atoms with van der Waals surface area (Å²) in [5.74, 6) is 0.908. The van der Waals surface area contributed by atoms with E-state index in [1.54, 1.807) is 0 Å². The molecule has 2 heteroatoms. The van der Waals surface area contributed by atoms with Crippen molar-refractivity contribution in [3.63, 3.8) is 0 Å². The Labute approximate surface area is 76.1 Å². The lowest BCUT2D eigenvalue weighted by atomic mass is 9.94. The van der Waals surface area contributed by atoms with Crippen LogP contribution in [0.1, 0.15) is 33.6 Å². The zero-order valence-corrected chi connectivity index (χ0v) is 8.56. The van der Waals surface area contributed by atoms with Gasteiger partial charge >= 0.3 is 0 Å². The minimum Gasteiger partial charge on any atom is -0.313 e. The molecule has 0 aromatic carbocycles. The Hall–Kier alpha value is -0.0800. The van der Waals surface area contributed by atoms with E-state index in [1.165, 1.54) is 19.4 Å². The molecule has 0 radical (unpaired) electrons. The number of piperidine rings is 1. The number of hydrogen-bond acceptors (Lipinski definition) is 2. The zero-order chi connectivity index (χ0) is 8.97. The molecule has 1 heterocycles. The summed E-state index contributed by atoms with van der Waals surface area (Å²) in [6.45, 7) is 9.08. The van der Waals surface area contributed by atoms with Gasteiger partial charge in [-0.05, 0) is 25.3 Å². The first-order chi connectivity index (χ1) is 5.68. The summed E-state index contributed by atoms with van der Waals surface area (Å²) in [6.07, 6.45) is 2.68. The Balaban J connectivity index is 2.14. The van der Waals surface area contributed by atoms with Crippen LogP contribution in [0.4, 0.5) is 0 Å². The van der Waals surface area contributed by atoms with Crippen molar-refractivity contribution in [2.45, 2.75) is 45.7 Å². The first-order valence-corrected chi connectivity index (χ1v) is 5.15. The normalized spacial score (nSPS) is 31.0. The van der Waals surface area contributed by atoms with E-state index in [2.05, 4.69) is 31.4 Å². The van der Waals surface area contributed by atoms with Crippen LogP contribution in [0.25, 0.3) is 0 Å². The minimum absolute atomic E-state index is 0.615. The maximum Gasteiger partial charge on any atom is 0.0195 e. The van der Waals surface area contributed by atoms with Gasteiger partial charge in [0.25, 0.3) is 0 Å². The van der Waals surface area contributed by atoms with Crippen LogP contribution in [0.3, 0.4) is 0 Å². The lowest BCUT2D eigenvalue weighted by molar-refractivity contribution is 0.306. The van der Waals surface area contributed by atoms with Crippen molar-refractivity contribution in [1.29, 1.82) is 0 Å². The molecule has 1 saturated heterocycles. The summed E-state index contributed by atoms with van der Waals surface area (Å²) < 4.78 is 0. The third kappa shape index (κ3) is 3.55. The van der Waals surface area contributed by atoms with Crippen LogP contribution >= 0.6 is 0 Å². The van der Waals surface area contributed by atoms with E-state index < -0.39 is 0 Å². The van der Waals surface area contributed by atoms with Crippen LogP contribution in [-0.2, 0) is 0 Å². The fourth-order valence-corrected chi connectivity index (χ4v) is 1.75. The van der Waals surface area contributed by atoms with Gasteiger partial charge in [0.2, 0.25) is 0 Å². The highest BCUT2D eigenvalue weighted by Gasteiger charge is 2.17. The zero-order valence-electron chi connectivity index (χ0n) is 8.56. The van der Waals surface area contributed by atoms with Crippen molar-refractivity contribution in [3.05, 3.63) is 0 Å². The molecule has 1 aliphatic heterocycles. The third-order valence-electron chi connectivity index (χ3n) is 2.53. The topological polar surface area (TPSA) is 24.1 Å². The van der Waals surface area contributed by atoms with Gasteiger partial charge in [-0.15, -0.1) is 0 Å². The molecule has 0 amide bonds. The van der Waals surface area contributed by atoms with Crippen LogP contribution in [0.2, 0.25) is 0 Å². The molecule has 0 aromatic heterocycles. The summed E-state index contributed by atoms with van der Waals surface area (Å²) in [5, 5.41) is 7.02. The van der Waals surface area contributed by atoms with Gasteiger partial charge in [-0.1, -0.05) is 20.8 Å². The van der Waals surface area contributed by atoms with E-state index in [-0.39, 0.29) is 0 Å². The lowest BCUT2D eigenvalue weighted by Crippen LogP contribution is -2.45. The molecule has 0 aromatic rings. The van der Waals surface area contributed by atoms with Crippen LogP contribution in [0, 0.1) is 5.92 Å². The highest BCUT2D eigenvalue weighted by molar-refractivity contribution is 4.78. The van der Waals surface area contributed by atoms with E-state index in [0.29, 0.717) is 12.1 Å². The lowest BCUT2D eigenvalue weighted by Gasteiger charge is -2.29. The molecule has 2 atom stereocenters. The van der Waals surface area contributed by atoms with E-state index in [0.717, 1.165) is 12.5 Å². The third-order valence-corrected chi connectivity index (χ3v) is 2.53. The summed E-state index contributed by atoms with van der Waals surface area (Å²) in [5.41, 5.74) is 0. The Bertz CT molecular complexity index is 123. The van der Waals surface area contributed by atoms with Crippen molar-refractivity contribution >= 4 is 0 Å². The average Bonchev–Trinajstić information content (AvgIpc) is 2.01. The van der Waals surface area contributed by atoms with E-state index in [9.17, 15) is 0 Å². The highest BCUT2D eigenvalue weighted by Crippen LogP contribution is 2.14. The molecule has 2 nitrogen and oxygen atoms in total. The van der Waals surface area contributed by atoms with Gasteiger partial charge in [0.1, 0.15) is 0 Å². The fourth-order valence-electron chi connectivity index (χ4n) is 1.75. The highest BCUT2D eigenvalue weighted by atomic mass is 15.0. The molecule has 1 fully saturated rings. The first kappa shape index (κ1) is 10.0. The first-order valence-electron chi connectivity index (χ1n) is 5.15. The number of hydrogen-bond donors (Lipinski definition) is 2. The molecule has 1 rings (SSSR count). The predicted octanol–water partition coefficient (Wildman–Crippen LogP) is 1.37. The van der Waals surface area contributed by atoms with Crippen LogP contribution in [0.15, 0.2) is 0 Å². The van der Waals surface area contributed by atoms with Crippen LogP contribution in [0.5, 0.6) is 0 Å². The van der Waals surface area contributed by atoms with Crippen molar-refractivity contribution in [2.75, 3.05) is 13.1 Å². The molecular formula is C10H22N2. The minimum atomic E-state index is 0.615. The second kappa shape index (κ2) is 4.83. The monoisotopic (exact) mass is 170 g/mol. The molecule has 72 valence electrons. The van der Waals surface area contributed by atoms with Gasteiger partial charge in [0.15, 0.2) is 0 Å². The average molecular weight is 170 g/mol. The van der Waals surface area contributed by atoms with Crippen molar-refractivity contribution < 1.29 is 0 Å². The molecule has 0 aliphatic carbocycles. The molecule has 1 aliphatic rings. The van der Waals surface area contributed by atoms with E-state index in [1.807, 2.05) is 0 Å². The Kier molecular flexibility index (Phi) is 4.02. The molecule has 12 heavy (non-hydrogen) atoms. The molecule has 0 saturated carbocycles. The maximum absolute atomic E-state index is 3.54. The second-order valence-electron chi connectivity index (χ2n) is 4.34. The van der Waals surface area contributed by atoms with Crippen molar-refractivity contribution in [1.82, 2.24) is 10.6 Å². The molecule has 2 N–H and O–H groups in total. The standard InChI is InChI=1S/C10H22N2/c1-8(2)12-7-10-6-9(3)4-5-11-10/h8-12H,4-7H2,1-3H3. The van der Waals surface area contributed by atoms with E-state index >= 15 is 0 Å². The smallest absolute Gasteiger partial charge is 0.0195 e. The SMILES string of the molecule is CC1CCNC(CNC(C)C)C1. The van der Waals surface area contributed by atoms with Gasteiger partial charge in [-0.2, -0.15) is 0 Å². The molecule has 2 unspecified atom stereocenters. The largest absolute Gasteiger partial charge is 0.313 e. The fraction of sp³-hybridized carbons (Fsp3) is 1.00. The van der Waals surface area contributed by atoms with Gasteiger partial charge in [0, 0.05) is 18.6 Å². The van der Waals surface area contributed by atoms with Crippen molar-refractivity contribution in [2.24, 2.45) is 5.92 Å². The van der Waals surface area contributed by atoms with Gasteiger partial charge < -0.3 is 10.6 Å². The van der Waals surface area contributed by atoms with Gasteiger partial charge in [-0.25, -0.2) is 0 Å². The summed E-state index contributed by atoms with van der Waals surface area (Å²) in [6, 6.07) is 1.32. The van der Waals surface area contributed by atoms with Gasteiger partial charge in [0.05, 0.1) is 0 Å². The van der Waals surface area contributed by atoms with E-state index in [4.69, 9.17) is 0 Å². The Morgan fingerprint density at radius 2 is 2.25 bits per heavy atom. The molecule has 0 spiro atoms. The van der Waals surface area contributed by atoms with Gasteiger partial charge in [-0.3, -0.25) is 0 Å². The predicted molar refractivity (Wildman–Crippen MR) is 53.3 cm³/mol. The summed E-state index contributed by atoms with van der Waals surface area (Å²) in [4.78, 5) is 0. The molecular weight excluding hydrogens is 148 g/mol. The Morgan fingerprint density at radius 1 is 1.50 bits per heavy atom. The van der Waals surface area contributed by atoms with Crippen LogP contribution in [-0.4, -0.2) is 25.2 Å². The maximum atomic E-state index is 3.54. The quantitative estimate of drug-likeness (QED) is 0.668. The number of nitrogens with one attached hydrogen (secondary N) is 2. The second-order valence-corrected chi connectivity index (χ2v) is 4.34.